The van der Waals surface area contributed by atoms with Crippen LogP contribution < -0.4 is 0 Å². The van der Waals surface area contributed by atoms with Gasteiger partial charge < -0.3 is 9.53 Å². The van der Waals surface area contributed by atoms with Crippen LogP contribution in [-0.2, 0) is 28.7 Å². The minimum Gasteiger partial charge on any atom is -0.465 e. The molecule has 0 amide bonds. The number of rotatable bonds is 8. The van der Waals surface area contributed by atoms with E-state index < -0.39 is 22.7 Å². The second-order valence-corrected chi connectivity index (χ2v) is 8.14. The number of esters is 1. The van der Waals surface area contributed by atoms with Gasteiger partial charge in [-0.05, 0) is 52.4 Å². The zero-order chi connectivity index (χ0) is 20.2. The van der Waals surface area contributed by atoms with Gasteiger partial charge in [0.25, 0.3) is 0 Å². The summed E-state index contributed by atoms with van der Waals surface area (Å²) >= 11 is 0. The number of hydrogen-bond acceptors (Lipinski definition) is 6. The maximum atomic E-state index is 12.9. The van der Waals surface area contributed by atoms with Crippen LogP contribution >= 0.6 is 0 Å². The van der Waals surface area contributed by atoms with Crippen molar-refractivity contribution in [3.8, 4) is 0 Å². The summed E-state index contributed by atoms with van der Waals surface area (Å²) in [6.07, 6.45) is 3.22. The summed E-state index contributed by atoms with van der Waals surface area (Å²) in [5.41, 5.74) is -2.40. The molecule has 0 aromatic heterocycles. The Morgan fingerprint density at radius 3 is 2.19 bits per heavy atom. The molecule has 0 heterocycles. The van der Waals surface area contributed by atoms with Crippen molar-refractivity contribution < 1.29 is 28.7 Å². The fourth-order valence-corrected chi connectivity index (χ4v) is 4.67. The van der Waals surface area contributed by atoms with E-state index in [9.17, 15) is 24.0 Å². The van der Waals surface area contributed by atoms with Gasteiger partial charge in [0.15, 0.2) is 0 Å². The lowest BCUT2D eigenvalue weighted by Gasteiger charge is -2.40. The summed E-state index contributed by atoms with van der Waals surface area (Å²) in [4.78, 5) is 62.2. The van der Waals surface area contributed by atoms with Gasteiger partial charge in [-0.15, -0.1) is 0 Å². The molecule has 2 aliphatic rings. The first-order valence-electron chi connectivity index (χ1n) is 9.95. The van der Waals surface area contributed by atoms with E-state index in [4.69, 9.17) is 4.74 Å². The van der Waals surface area contributed by atoms with Gasteiger partial charge in [0.05, 0.1) is 12.0 Å². The highest BCUT2D eigenvalue weighted by Crippen LogP contribution is 2.47. The van der Waals surface area contributed by atoms with E-state index in [1.165, 1.54) is 6.92 Å². The molecule has 2 aliphatic carbocycles. The molecular formula is C21H30O6. The second-order valence-electron chi connectivity index (χ2n) is 8.14. The van der Waals surface area contributed by atoms with Crippen molar-refractivity contribution >= 4 is 29.1 Å². The number of ether oxygens (including phenoxy) is 1. The molecule has 2 atom stereocenters. The number of hydrogen-bond donors (Lipinski definition) is 0. The zero-order valence-electron chi connectivity index (χ0n) is 16.6. The van der Waals surface area contributed by atoms with E-state index in [-0.39, 0.29) is 55.4 Å². The molecule has 0 aromatic carbocycles. The minimum atomic E-state index is -1.33. The van der Waals surface area contributed by atoms with Crippen molar-refractivity contribution in [3.05, 3.63) is 0 Å². The lowest BCUT2D eigenvalue weighted by molar-refractivity contribution is -0.167. The highest BCUT2D eigenvalue weighted by Gasteiger charge is 2.54. The first-order valence-corrected chi connectivity index (χ1v) is 9.95. The third kappa shape index (κ3) is 4.04. The molecule has 0 spiro atoms. The van der Waals surface area contributed by atoms with Gasteiger partial charge in [0.1, 0.15) is 28.5 Å². The van der Waals surface area contributed by atoms with E-state index in [1.807, 2.05) is 0 Å². The first kappa shape index (κ1) is 21.5. The molecule has 6 heteroatoms. The normalized spacial score (nSPS) is 26.1. The van der Waals surface area contributed by atoms with Crippen LogP contribution in [0.5, 0.6) is 0 Å². The first-order chi connectivity index (χ1) is 12.7. The molecule has 2 fully saturated rings. The van der Waals surface area contributed by atoms with E-state index >= 15 is 0 Å². The molecule has 2 saturated carbocycles. The van der Waals surface area contributed by atoms with Gasteiger partial charge in [-0.3, -0.25) is 19.2 Å². The Morgan fingerprint density at radius 1 is 1.04 bits per heavy atom. The quantitative estimate of drug-likeness (QED) is 0.476. The Labute approximate surface area is 160 Å². The molecular weight excluding hydrogens is 348 g/mol. The fourth-order valence-electron chi connectivity index (χ4n) is 4.67. The van der Waals surface area contributed by atoms with Gasteiger partial charge in [-0.1, -0.05) is 6.42 Å². The van der Waals surface area contributed by atoms with Gasteiger partial charge in [-0.2, -0.15) is 0 Å². The Morgan fingerprint density at radius 2 is 1.67 bits per heavy atom. The maximum Gasteiger partial charge on any atom is 0.319 e. The smallest absolute Gasteiger partial charge is 0.319 e. The maximum absolute atomic E-state index is 12.9. The van der Waals surface area contributed by atoms with Gasteiger partial charge in [0.2, 0.25) is 0 Å². The van der Waals surface area contributed by atoms with Gasteiger partial charge in [-0.25, -0.2) is 0 Å². The van der Waals surface area contributed by atoms with Crippen molar-refractivity contribution in [1.29, 1.82) is 0 Å². The van der Waals surface area contributed by atoms with Crippen LogP contribution in [0.2, 0.25) is 0 Å². The minimum absolute atomic E-state index is 0.0724. The molecule has 0 N–H and O–H groups in total. The van der Waals surface area contributed by atoms with Crippen LogP contribution in [0.25, 0.3) is 0 Å². The highest BCUT2D eigenvalue weighted by molar-refractivity contribution is 6.12. The SMILES string of the molecule is CCOC(=O)[C@]1([C@@H](CCC2(C)C(=O)CCC2=O)CC(C)=O)CCCCC1=O. The Bertz CT molecular complexity index is 633. The number of ketones is 4. The van der Waals surface area contributed by atoms with E-state index in [0.717, 1.165) is 6.42 Å². The Hall–Kier alpha value is -1.85. The standard InChI is InChI=1S/C21H30O6/c1-4-27-19(26)21(11-6-5-7-18(21)25)15(13-14(2)22)10-12-20(3)16(23)8-9-17(20)24/h15H,4-13H2,1-3H3/t15-,21-/m0/s1. The molecule has 2 rings (SSSR count). The third-order valence-electron chi connectivity index (χ3n) is 6.40. The summed E-state index contributed by atoms with van der Waals surface area (Å²) < 4.78 is 5.25. The molecule has 27 heavy (non-hydrogen) atoms. The van der Waals surface area contributed by atoms with Crippen LogP contribution in [0.15, 0.2) is 0 Å². The molecule has 6 nitrogen and oxygen atoms in total. The third-order valence-corrected chi connectivity index (χ3v) is 6.40. The van der Waals surface area contributed by atoms with E-state index in [1.54, 1.807) is 13.8 Å². The van der Waals surface area contributed by atoms with Gasteiger partial charge in [0, 0.05) is 25.7 Å². The number of carbonyl (C=O) groups excluding carboxylic acids is 5. The highest BCUT2D eigenvalue weighted by atomic mass is 16.5. The molecule has 0 radical (unpaired) electrons. The van der Waals surface area contributed by atoms with Crippen LogP contribution in [-0.4, -0.2) is 35.7 Å². The molecule has 0 bridgehead atoms. The second kappa shape index (κ2) is 8.44. The topological polar surface area (TPSA) is 94.6 Å². The van der Waals surface area contributed by atoms with Crippen molar-refractivity contribution in [1.82, 2.24) is 0 Å². The number of carbonyl (C=O) groups is 5. The van der Waals surface area contributed by atoms with E-state index in [2.05, 4.69) is 0 Å². The van der Waals surface area contributed by atoms with E-state index in [0.29, 0.717) is 25.7 Å². The van der Waals surface area contributed by atoms with Gasteiger partial charge >= 0.3 is 5.97 Å². The Kier molecular flexibility index (Phi) is 6.71. The molecule has 0 saturated heterocycles. The lowest BCUT2D eigenvalue weighted by atomic mass is 9.61. The molecule has 0 aromatic rings. The number of Topliss-reactive ketones (excluding diaryl/α,β-unsaturated/α-hetero) is 4. The fraction of sp³-hybridized carbons (Fsp3) is 0.762. The lowest BCUT2D eigenvalue weighted by Crippen LogP contribution is -2.49. The van der Waals surface area contributed by atoms with Crippen LogP contribution in [0.1, 0.15) is 78.6 Å². The largest absolute Gasteiger partial charge is 0.465 e. The van der Waals surface area contributed by atoms with Crippen LogP contribution in [0.4, 0.5) is 0 Å². The zero-order valence-corrected chi connectivity index (χ0v) is 16.6. The molecule has 150 valence electrons. The summed E-state index contributed by atoms with van der Waals surface area (Å²) in [7, 11) is 0. The molecule has 0 aliphatic heterocycles. The van der Waals surface area contributed by atoms with Crippen LogP contribution in [0.3, 0.4) is 0 Å². The predicted molar refractivity (Wildman–Crippen MR) is 97.9 cm³/mol. The predicted octanol–water partition coefficient (Wildman–Crippen LogP) is 2.99. The van der Waals surface area contributed by atoms with Crippen molar-refractivity contribution in [2.75, 3.05) is 6.61 Å². The average Bonchev–Trinajstić information content (AvgIpc) is 2.87. The average molecular weight is 378 g/mol. The van der Waals surface area contributed by atoms with Crippen molar-refractivity contribution in [3.63, 3.8) is 0 Å². The summed E-state index contributed by atoms with van der Waals surface area (Å²) in [5, 5.41) is 0. The van der Waals surface area contributed by atoms with Crippen molar-refractivity contribution in [2.24, 2.45) is 16.7 Å². The van der Waals surface area contributed by atoms with Crippen molar-refractivity contribution in [2.45, 2.75) is 78.6 Å². The Balaban J connectivity index is 2.34. The monoisotopic (exact) mass is 378 g/mol. The summed E-state index contributed by atoms with van der Waals surface area (Å²) in [6, 6.07) is 0. The van der Waals surface area contributed by atoms with Crippen LogP contribution in [0, 0.1) is 16.7 Å². The summed E-state index contributed by atoms with van der Waals surface area (Å²) in [6.45, 7) is 4.94. The summed E-state index contributed by atoms with van der Waals surface area (Å²) in [5.74, 6) is -1.57. The molecule has 0 unspecified atom stereocenters.